The Bertz CT molecular complexity index is 749. The zero-order valence-corrected chi connectivity index (χ0v) is 15.6. The molecule has 0 aromatic carbocycles. The number of hydrogen-bond acceptors (Lipinski definition) is 5. The molecule has 1 amide bonds. The van der Waals surface area contributed by atoms with Gasteiger partial charge in [-0.2, -0.15) is 10.1 Å². The van der Waals surface area contributed by atoms with Gasteiger partial charge in [0.2, 0.25) is 11.8 Å². The molecule has 2 aromatic heterocycles. The second kappa shape index (κ2) is 7.37. The maximum absolute atomic E-state index is 12.8. The first-order valence-electron chi connectivity index (χ1n) is 9.12. The van der Waals surface area contributed by atoms with Gasteiger partial charge in [-0.1, -0.05) is 12.1 Å². The van der Waals surface area contributed by atoms with Crippen LogP contribution in [0.1, 0.15) is 67.3 Å². The molecule has 7 nitrogen and oxygen atoms in total. The molecule has 0 spiro atoms. The molecule has 2 aromatic rings. The third-order valence-electron chi connectivity index (χ3n) is 5.01. The maximum atomic E-state index is 12.8. The highest BCUT2D eigenvalue weighted by molar-refractivity contribution is 5.77. The van der Waals surface area contributed by atoms with Crippen molar-refractivity contribution in [1.29, 1.82) is 0 Å². The number of likely N-dealkylation sites (tertiary alicyclic amines) is 1. The van der Waals surface area contributed by atoms with Gasteiger partial charge in [0.25, 0.3) is 0 Å². The maximum Gasteiger partial charge on any atom is 0.227 e. The lowest BCUT2D eigenvalue weighted by molar-refractivity contribution is -0.132. The van der Waals surface area contributed by atoms with Crippen molar-refractivity contribution in [1.82, 2.24) is 24.8 Å². The van der Waals surface area contributed by atoms with Gasteiger partial charge in [-0.25, -0.2) is 0 Å². The summed E-state index contributed by atoms with van der Waals surface area (Å²) >= 11 is 0. The van der Waals surface area contributed by atoms with Crippen LogP contribution in [0.3, 0.4) is 0 Å². The van der Waals surface area contributed by atoms with Gasteiger partial charge >= 0.3 is 0 Å². The molecular weight excluding hydrogens is 318 g/mol. The largest absolute Gasteiger partial charge is 0.339 e. The van der Waals surface area contributed by atoms with Crippen molar-refractivity contribution >= 4 is 5.91 Å². The van der Waals surface area contributed by atoms with Gasteiger partial charge in [-0.15, -0.1) is 0 Å². The lowest BCUT2D eigenvalue weighted by Gasteiger charge is -2.25. The van der Waals surface area contributed by atoms with Crippen LogP contribution in [-0.2, 0) is 24.7 Å². The normalized spacial score (nSPS) is 17.4. The van der Waals surface area contributed by atoms with E-state index < -0.39 is 0 Å². The molecule has 136 valence electrons. The molecule has 0 aliphatic carbocycles. The second-order valence-electron chi connectivity index (χ2n) is 6.81. The van der Waals surface area contributed by atoms with Crippen LogP contribution >= 0.6 is 0 Å². The fourth-order valence-electron chi connectivity index (χ4n) is 3.71. The summed E-state index contributed by atoms with van der Waals surface area (Å²) in [6.45, 7) is 6.98. The number of carbonyl (C=O) groups excluding carboxylic acids is 1. The SMILES string of the molecule is CCCc1noc(CCC(=O)N2CCC[C@@H]2c2c(C)nn(C)c2C)n1. The van der Waals surface area contributed by atoms with E-state index >= 15 is 0 Å². The van der Waals surface area contributed by atoms with E-state index in [1.54, 1.807) is 0 Å². The van der Waals surface area contributed by atoms with Crippen LogP contribution in [0, 0.1) is 13.8 Å². The van der Waals surface area contributed by atoms with Crippen molar-refractivity contribution < 1.29 is 9.32 Å². The van der Waals surface area contributed by atoms with Crippen LogP contribution in [0.25, 0.3) is 0 Å². The number of aryl methyl sites for hydroxylation is 4. The number of aromatic nitrogens is 4. The monoisotopic (exact) mass is 345 g/mol. The Morgan fingerprint density at radius 1 is 1.32 bits per heavy atom. The summed E-state index contributed by atoms with van der Waals surface area (Å²) in [5.41, 5.74) is 3.37. The molecule has 1 aliphatic heterocycles. The first kappa shape index (κ1) is 17.6. The molecule has 3 heterocycles. The summed E-state index contributed by atoms with van der Waals surface area (Å²) in [4.78, 5) is 19.1. The first-order valence-corrected chi connectivity index (χ1v) is 9.12. The molecule has 0 unspecified atom stereocenters. The van der Waals surface area contributed by atoms with Gasteiger partial charge in [0.05, 0.1) is 11.7 Å². The molecule has 0 bridgehead atoms. The molecule has 0 N–H and O–H groups in total. The Labute approximate surface area is 148 Å². The van der Waals surface area contributed by atoms with Crippen LogP contribution in [-0.4, -0.2) is 37.3 Å². The second-order valence-corrected chi connectivity index (χ2v) is 6.81. The van der Waals surface area contributed by atoms with E-state index in [-0.39, 0.29) is 11.9 Å². The average Bonchev–Trinajstić information content (AvgIpc) is 3.27. The highest BCUT2D eigenvalue weighted by atomic mass is 16.5. The van der Waals surface area contributed by atoms with E-state index in [1.165, 1.54) is 5.56 Å². The molecule has 1 fully saturated rings. The fraction of sp³-hybridized carbons (Fsp3) is 0.667. The van der Waals surface area contributed by atoms with E-state index in [9.17, 15) is 4.79 Å². The van der Waals surface area contributed by atoms with Crippen LogP contribution < -0.4 is 0 Å². The number of amides is 1. The topological polar surface area (TPSA) is 77.0 Å². The average molecular weight is 345 g/mol. The van der Waals surface area contributed by atoms with Crippen molar-refractivity contribution in [3.05, 3.63) is 28.7 Å². The molecule has 0 radical (unpaired) electrons. The zero-order chi connectivity index (χ0) is 18.0. The lowest BCUT2D eigenvalue weighted by atomic mass is 10.0. The quantitative estimate of drug-likeness (QED) is 0.804. The first-order chi connectivity index (χ1) is 12.0. The Morgan fingerprint density at radius 2 is 2.12 bits per heavy atom. The summed E-state index contributed by atoms with van der Waals surface area (Å²) in [5, 5.41) is 8.46. The standard InChI is InChI=1S/C18H27N5O2/c1-5-7-15-19-16(25-21-15)9-10-17(24)23-11-6-8-14(23)18-12(2)20-22(4)13(18)3/h14H,5-11H2,1-4H3/t14-/m1/s1. The van der Waals surface area contributed by atoms with Gasteiger partial charge in [0, 0.05) is 44.1 Å². The number of rotatable bonds is 6. The minimum atomic E-state index is 0.138. The minimum Gasteiger partial charge on any atom is -0.339 e. The number of nitrogens with zero attached hydrogens (tertiary/aromatic N) is 5. The fourth-order valence-corrected chi connectivity index (χ4v) is 3.71. The Hall–Kier alpha value is -2.18. The Kier molecular flexibility index (Phi) is 5.20. The van der Waals surface area contributed by atoms with E-state index in [0.717, 1.165) is 49.4 Å². The minimum absolute atomic E-state index is 0.138. The molecule has 1 atom stereocenters. The highest BCUT2D eigenvalue weighted by Crippen LogP contribution is 2.35. The molecule has 0 saturated carbocycles. The van der Waals surface area contributed by atoms with Crippen molar-refractivity contribution in [2.24, 2.45) is 7.05 Å². The van der Waals surface area contributed by atoms with Crippen LogP contribution in [0.15, 0.2) is 4.52 Å². The molecule has 1 saturated heterocycles. The van der Waals surface area contributed by atoms with Crippen LogP contribution in [0.4, 0.5) is 0 Å². The third kappa shape index (κ3) is 3.60. The van der Waals surface area contributed by atoms with Crippen molar-refractivity contribution in [3.63, 3.8) is 0 Å². The third-order valence-corrected chi connectivity index (χ3v) is 5.01. The molecule has 3 rings (SSSR count). The number of hydrogen-bond donors (Lipinski definition) is 0. The summed E-state index contributed by atoms with van der Waals surface area (Å²) in [6, 6.07) is 0.138. The molecular formula is C18H27N5O2. The van der Waals surface area contributed by atoms with Gasteiger partial charge in [0.1, 0.15) is 0 Å². The highest BCUT2D eigenvalue weighted by Gasteiger charge is 2.33. The summed E-state index contributed by atoms with van der Waals surface area (Å²) in [7, 11) is 1.95. The summed E-state index contributed by atoms with van der Waals surface area (Å²) in [6.07, 6.45) is 4.74. The summed E-state index contributed by atoms with van der Waals surface area (Å²) in [5.74, 6) is 1.44. The van der Waals surface area contributed by atoms with Gasteiger partial charge in [0.15, 0.2) is 5.82 Å². The van der Waals surface area contributed by atoms with Gasteiger partial charge in [-0.3, -0.25) is 9.48 Å². The van der Waals surface area contributed by atoms with Crippen molar-refractivity contribution in [2.75, 3.05) is 6.54 Å². The molecule has 7 heteroatoms. The molecule has 25 heavy (non-hydrogen) atoms. The van der Waals surface area contributed by atoms with Crippen molar-refractivity contribution in [2.45, 2.75) is 65.3 Å². The lowest BCUT2D eigenvalue weighted by Crippen LogP contribution is -2.31. The van der Waals surface area contributed by atoms with Gasteiger partial charge in [-0.05, 0) is 33.1 Å². The summed E-state index contributed by atoms with van der Waals surface area (Å²) < 4.78 is 7.14. The van der Waals surface area contributed by atoms with E-state index in [4.69, 9.17) is 4.52 Å². The zero-order valence-electron chi connectivity index (χ0n) is 15.6. The predicted octanol–water partition coefficient (Wildman–Crippen LogP) is 2.67. The Morgan fingerprint density at radius 3 is 2.80 bits per heavy atom. The van der Waals surface area contributed by atoms with Crippen LogP contribution in [0.5, 0.6) is 0 Å². The van der Waals surface area contributed by atoms with Gasteiger partial charge < -0.3 is 9.42 Å². The van der Waals surface area contributed by atoms with E-state index in [1.807, 2.05) is 23.6 Å². The predicted molar refractivity (Wildman–Crippen MR) is 93.0 cm³/mol. The molecule has 1 aliphatic rings. The number of carbonyl (C=O) groups is 1. The Balaban J connectivity index is 1.66. The van der Waals surface area contributed by atoms with E-state index in [0.29, 0.717) is 18.7 Å². The smallest absolute Gasteiger partial charge is 0.227 e. The van der Waals surface area contributed by atoms with E-state index in [2.05, 4.69) is 29.1 Å². The van der Waals surface area contributed by atoms with Crippen LogP contribution in [0.2, 0.25) is 0 Å². The van der Waals surface area contributed by atoms with Crippen molar-refractivity contribution in [3.8, 4) is 0 Å².